The van der Waals surface area contributed by atoms with Gasteiger partial charge in [-0.1, -0.05) is 57.5 Å². The molecule has 26 heavy (non-hydrogen) atoms. The number of hydrogen-bond acceptors (Lipinski definition) is 3. The molecule has 1 unspecified atom stereocenters. The molecule has 0 fully saturated rings. The van der Waals surface area contributed by atoms with Crippen LogP contribution in [0.15, 0.2) is 76.5 Å². The highest BCUT2D eigenvalue weighted by atomic mass is 79.9. The Balaban J connectivity index is 2.05. The third-order valence-electron chi connectivity index (χ3n) is 4.56. The molecule has 132 valence electrons. The summed E-state index contributed by atoms with van der Waals surface area (Å²) in [7, 11) is 0. The first kappa shape index (κ1) is 18.3. The predicted octanol–water partition coefficient (Wildman–Crippen LogP) is 5.86. The molecular weight excluding hydrogens is 388 g/mol. The lowest BCUT2D eigenvalue weighted by Crippen LogP contribution is -2.12. The molecule has 0 aliphatic heterocycles. The number of aryl methyl sites for hydroxylation is 2. The first-order valence-electron chi connectivity index (χ1n) is 8.53. The van der Waals surface area contributed by atoms with Gasteiger partial charge in [-0.05, 0) is 54.8 Å². The standard InChI is InChI=1S/C22H21BrN2O/c1-15-6-3-4-9-20(15)21(17-7-5-8-19(23)13-17)14-22(25-26)18-10-11-24-16(2)12-18/h3-13,21,26H,14H2,1-2H3/b25-22-. The van der Waals surface area contributed by atoms with E-state index in [4.69, 9.17) is 0 Å². The van der Waals surface area contributed by atoms with Gasteiger partial charge >= 0.3 is 0 Å². The van der Waals surface area contributed by atoms with Crippen molar-refractivity contribution in [3.05, 3.63) is 99.3 Å². The fourth-order valence-electron chi connectivity index (χ4n) is 3.24. The zero-order chi connectivity index (χ0) is 18.5. The molecule has 1 heterocycles. The van der Waals surface area contributed by atoms with Gasteiger partial charge in [0.15, 0.2) is 0 Å². The van der Waals surface area contributed by atoms with E-state index in [2.05, 4.69) is 63.3 Å². The van der Waals surface area contributed by atoms with E-state index in [-0.39, 0.29) is 5.92 Å². The number of aromatic nitrogens is 1. The van der Waals surface area contributed by atoms with Crippen LogP contribution >= 0.6 is 15.9 Å². The number of rotatable bonds is 5. The second kappa shape index (κ2) is 8.28. The van der Waals surface area contributed by atoms with E-state index in [9.17, 15) is 5.21 Å². The predicted molar refractivity (Wildman–Crippen MR) is 109 cm³/mol. The van der Waals surface area contributed by atoms with Crippen LogP contribution in [0.5, 0.6) is 0 Å². The van der Waals surface area contributed by atoms with Gasteiger partial charge in [0.1, 0.15) is 0 Å². The van der Waals surface area contributed by atoms with Crippen molar-refractivity contribution in [2.24, 2.45) is 5.16 Å². The second-order valence-corrected chi connectivity index (χ2v) is 7.32. The monoisotopic (exact) mass is 408 g/mol. The van der Waals surface area contributed by atoms with E-state index >= 15 is 0 Å². The van der Waals surface area contributed by atoms with Crippen molar-refractivity contribution in [1.82, 2.24) is 4.98 Å². The van der Waals surface area contributed by atoms with Gasteiger partial charge in [-0.2, -0.15) is 0 Å². The van der Waals surface area contributed by atoms with Crippen LogP contribution < -0.4 is 0 Å². The topological polar surface area (TPSA) is 45.5 Å². The Morgan fingerprint density at radius 2 is 1.88 bits per heavy atom. The Morgan fingerprint density at radius 1 is 1.08 bits per heavy atom. The first-order chi connectivity index (χ1) is 12.6. The average Bonchev–Trinajstić information content (AvgIpc) is 2.64. The Kier molecular flexibility index (Phi) is 5.84. The fraction of sp³-hybridized carbons (Fsp3) is 0.182. The molecule has 0 amide bonds. The molecule has 0 bridgehead atoms. The van der Waals surface area contributed by atoms with Gasteiger partial charge in [-0.25, -0.2) is 0 Å². The van der Waals surface area contributed by atoms with Crippen molar-refractivity contribution in [3.8, 4) is 0 Å². The van der Waals surface area contributed by atoms with Crippen LogP contribution in [0.4, 0.5) is 0 Å². The molecule has 0 aliphatic rings. The van der Waals surface area contributed by atoms with Crippen molar-refractivity contribution < 1.29 is 5.21 Å². The second-order valence-electron chi connectivity index (χ2n) is 6.40. The van der Waals surface area contributed by atoms with Gasteiger partial charge in [0.25, 0.3) is 0 Å². The first-order valence-corrected chi connectivity index (χ1v) is 9.32. The van der Waals surface area contributed by atoms with Crippen LogP contribution in [-0.2, 0) is 0 Å². The molecule has 3 nitrogen and oxygen atoms in total. The van der Waals surface area contributed by atoms with E-state index in [1.807, 2.05) is 37.3 Å². The zero-order valence-electron chi connectivity index (χ0n) is 14.9. The van der Waals surface area contributed by atoms with Gasteiger partial charge in [0.05, 0.1) is 5.71 Å². The summed E-state index contributed by atoms with van der Waals surface area (Å²) in [5, 5.41) is 13.3. The highest BCUT2D eigenvalue weighted by Crippen LogP contribution is 2.33. The molecule has 0 aliphatic carbocycles. The molecule has 1 atom stereocenters. The minimum atomic E-state index is 0.0908. The number of nitrogens with zero attached hydrogens (tertiary/aromatic N) is 2. The molecule has 0 radical (unpaired) electrons. The van der Waals surface area contributed by atoms with Crippen LogP contribution in [0.2, 0.25) is 0 Å². The summed E-state index contributed by atoms with van der Waals surface area (Å²) < 4.78 is 1.04. The Labute approximate surface area is 162 Å². The maximum absolute atomic E-state index is 9.70. The van der Waals surface area contributed by atoms with Crippen LogP contribution in [0, 0.1) is 13.8 Å². The third-order valence-corrected chi connectivity index (χ3v) is 5.06. The van der Waals surface area contributed by atoms with Crippen LogP contribution in [0.1, 0.15) is 40.3 Å². The van der Waals surface area contributed by atoms with Crippen LogP contribution in [0.3, 0.4) is 0 Å². The summed E-state index contributed by atoms with van der Waals surface area (Å²) in [6.45, 7) is 4.05. The summed E-state index contributed by atoms with van der Waals surface area (Å²) in [6, 6.07) is 20.5. The summed E-state index contributed by atoms with van der Waals surface area (Å²) in [5.41, 5.74) is 6.09. The van der Waals surface area contributed by atoms with Crippen molar-refractivity contribution in [2.45, 2.75) is 26.2 Å². The number of hydrogen-bond donors (Lipinski definition) is 1. The minimum absolute atomic E-state index is 0.0908. The highest BCUT2D eigenvalue weighted by molar-refractivity contribution is 9.10. The minimum Gasteiger partial charge on any atom is -0.411 e. The lowest BCUT2D eigenvalue weighted by molar-refractivity contribution is 0.317. The smallest absolute Gasteiger partial charge is 0.0878 e. The molecule has 1 N–H and O–H groups in total. The van der Waals surface area contributed by atoms with Gasteiger partial charge in [-0.3, -0.25) is 4.98 Å². The Bertz CT molecular complexity index is 937. The zero-order valence-corrected chi connectivity index (χ0v) is 16.4. The third kappa shape index (κ3) is 4.20. The maximum Gasteiger partial charge on any atom is 0.0878 e. The maximum atomic E-state index is 9.70. The number of benzene rings is 2. The van der Waals surface area contributed by atoms with E-state index in [1.165, 1.54) is 16.7 Å². The van der Waals surface area contributed by atoms with Gasteiger partial charge < -0.3 is 5.21 Å². The molecule has 0 saturated heterocycles. The van der Waals surface area contributed by atoms with Gasteiger partial charge in [0, 0.05) is 34.3 Å². The lowest BCUT2D eigenvalue weighted by atomic mass is 9.83. The molecule has 3 rings (SSSR count). The van der Waals surface area contributed by atoms with E-state index < -0.39 is 0 Å². The summed E-state index contributed by atoms with van der Waals surface area (Å²) in [4.78, 5) is 4.23. The number of pyridine rings is 1. The molecule has 3 aromatic rings. The highest BCUT2D eigenvalue weighted by Gasteiger charge is 2.20. The lowest BCUT2D eigenvalue weighted by Gasteiger charge is -2.21. The van der Waals surface area contributed by atoms with Crippen molar-refractivity contribution in [2.75, 3.05) is 0 Å². The molecule has 4 heteroatoms. The van der Waals surface area contributed by atoms with Crippen LogP contribution in [0.25, 0.3) is 0 Å². The van der Waals surface area contributed by atoms with Crippen molar-refractivity contribution in [3.63, 3.8) is 0 Å². The summed E-state index contributed by atoms with van der Waals surface area (Å²) in [5.74, 6) is 0.0908. The fourth-order valence-corrected chi connectivity index (χ4v) is 3.66. The van der Waals surface area contributed by atoms with Crippen molar-refractivity contribution >= 4 is 21.6 Å². The molecule has 0 spiro atoms. The summed E-state index contributed by atoms with van der Waals surface area (Å²) in [6.07, 6.45) is 2.35. The SMILES string of the molecule is Cc1cc(/C(CC(c2cccc(Br)c2)c2ccccc2C)=N\O)ccn1. The molecule has 1 aromatic heterocycles. The normalized spacial score (nSPS) is 12.8. The Morgan fingerprint density at radius 3 is 2.58 bits per heavy atom. The largest absolute Gasteiger partial charge is 0.411 e. The molecule has 2 aromatic carbocycles. The van der Waals surface area contributed by atoms with Gasteiger partial charge in [0.2, 0.25) is 0 Å². The summed E-state index contributed by atoms with van der Waals surface area (Å²) >= 11 is 3.57. The molecule has 0 saturated carbocycles. The number of halogens is 1. The van der Waals surface area contributed by atoms with Gasteiger partial charge in [-0.15, -0.1) is 0 Å². The molecular formula is C22H21BrN2O. The number of oxime groups is 1. The van der Waals surface area contributed by atoms with Crippen LogP contribution in [-0.4, -0.2) is 15.9 Å². The average molecular weight is 409 g/mol. The Hall–Kier alpha value is -2.46. The quantitative estimate of drug-likeness (QED) is 0.326. The van der Waals surface area contributed by atoms with E-state index in [0.29, 0.717) is 12.1 Å². The van der Waals surface area contributed by atoms with E-state index in [0.717, 1.165) is 15.7 Å². The van der Waals surface area contributed by atoms with Crippen molar-refractivity contribution in [1.29, 1.82) is 0 Å². The van der Waals surface area contributed by atoms with E-state index in [1.54, 1.807) is 6.20 Å².